The smallest absolute Gasteiger partial charge is 0.340 e. The Morgan fingerprint density at radius 1 is 1.10 bits per heavy atom. The molecule has 0 aliphatic carbocycles. The number of nitrogens with zero attached hydrogens (tertiary/aromatic N) is 1. The molecule has 0 aliphatic rings. The van der Waals surface area contributed by atoms with Gasteiger partial charge in [-0.25, -0.2) is 4.79 Å². The maximum Gasteiger partial charge on any atom is 0.340 e. The van der Waals surface area contributed by atoms with E-state index in [4.69, 9.17) is 14.2 Å². The van der Waals surface area contributed by atoms with E-state index in [0.29, 0.717) is 17.2 Å². The Morgan fingerprint density at radius 3 is 2.14 bits per heavy atom. The molecule has 7 heteroatoms. The fraction of sp³-hybridized carbons (Fsp3) is 0.429. The summed E-state index contributed by atoms with van der Waals surface area (Å²) in [5, 5.41) is 2.91. The Balaban J connectivity index is 3.14. The third kappa shape index (κ3) is 4.01. The van der Waals surface area contributed by atoms with Gasteiger partial charge in [0.2, 0.25) is 5.91 Å². The summed E-state index contributed by atoms with van der Waals surface area (Å²) in [6.45, 7) is 0.0481. The third-order valence-electron chi connectivity index (χ3n) is 2.86. The molecule has 1 rings (SSSR count). The number of anilines is 1. The van der Waals surface area contributed by atoms with E-state index in [1.165, 1.54) is 32.3 Å². The topological polar surface area (TPSA) is 77.1 Å². The number of hydrogen-bond acceptors (Lipinski definition) is 6. The Kier molecular flexibility index (Phi) is 5.83. The molecular formula is C14H20N2O5. The van der Waals surface area contributed by atoms with Crippen molar-refractivity contribution in [1.82, 2.24) is 4.90 Å². The lowest BCUT2D eigenvalue weighted by Crippen LogP contribution is -2.29. The predicted octanol–water partition coefficient (Wildman–Crippen LogP) is 0.990. The van der Waals surface area contributed by atoms with E-state index < -0.39 is 5.97 Å². The second-order valence-electron chi connectivity index (χ2n) is 4.39. The molecule has 0 aliphatic heterocycles. The van der Waals surface area contributed by atoms with Crippen LogP contribution in [0.3, 0.4) is 0 Å². The lowest BCUT2D eigenvalue weighted by atomic mass is 10.1. The van der Waals surface area contributed by atoms with E-state index in [1.807, 2.05) is 0 Å². The zero-order valence-corrected chi connectivity index (χ0v) is 12.9. The first-order valence-electron chi connectivity index (χ1n) is 6.23. The summed E-state index contributed by atoms with van der Waals surface area (Å²) in [6.07, 6.45) is 0. The maximum absolute atomic E-state index is 11.8. The number of ether oxygens (including phenoxy) is 3. The number of carbonyl (C=O) groups excluding carboxylic acids is 2. The fourth-order valence-electron chi connectivity index (χ4n) is 1.63. The average molecular weight is 296 g/mol. The molecule has 0 unspecified atom stereocenters. The van der Waals surface area contributed by atoms with Crippen LogP contribution in [0.25, 0.3) is 0 Å². The van der Waals surface area contributed by atoms with Crippen LogP contribution in [-0.4, -0.2) is 58.7 Å². The number of methoxy groups -OCH3 is 3. The molecule has 1 N–H and O–H groups in total. The Hall–Kier alpha value is -2.44. The van der Waals surface area contributed by atoms with Gasteiger partial charge in [-0.2, -0.15) is 0 Å². The summed E-state index contributed by atoms with van der Waals surface area (Å²) in [5.74, 6) is 0.198. The third-order valence-corrected chi connectivity index (χ3v) is 2.86. The predicted molar refractivity (Wildman–Crippen MR) is 78.1 cm³/mol. The van der Waals surface area contributed by atoms with Crippen molar-refractivity contribution in [3.8, 4) is 11.5 Å². The molecule has 0 saturated carbocycles. The molecule has 1 amide bonds. The van der Waals surface area contributed by atoms with Crippen LogP contribution in [0.15, 0.2) is 12.1 Å². The fourth-order valence-corrected chi connectivity index (χ4v) is 1.63. The number of carbonyl (C=O) groups is 2. The molecule has 0 heterocycles. The van der Waals surface area contributed by atoms with Crippen molar-refractivity contribution in [3.05, 3.63) is 17.7 Å². The van der Waals surface area contributed by atoms with Gasteiger partial charge in [0.1, 0.15) is 0 Å². The monoisotopic (exact) mass is 296 g/mol. The first-order valence-corrected chi connectivity index (χ1v) is 6.23. The van der Waals surface area contributed by atoms with Crippen molar-refractivity contribution < 1.29 is 23.8 Å². The van der Waals surface area contributed by atoms with E-state index in [2.05, 4.69) is 5.32 Å². The molecule has 7 nitrogen and oxygen atoms in total. The highest BCUT2D eigenvalue weighted by Gasteiger charge is 2.18. The second kappa shape index (κ2) is 7.37. The summed E-state index contributed by atoms with van der Waals surface area (Å²) in [5.41, 5.74) is 0.705. The van der Waals surface area contributed by atoms with E-state index >= 15 is 0 Å². The minimum absolute atomic E-state index is 0.0481. The van der Waals surface area contributed by atoms with Gasteiger partial charge in [0.25, 0.3) is 0 Å². The highest BCUT2D eigenvalue weighted by atomic mass is 16.5. The van der Waals surface area contributed by atoms with Crippen molar-refractivity contribution in [1.29, 1.82) is 0 Å². The molecule has 116 valence electrons. The first-order chi connectivity index (χ1) is 9.94. The normalized spacial score (nSPS) is 9.76. The zero-order valence-electron chi connectivity index (χ0n) is 12.9. The summed E-state index contributed by atoms with van der Waals surface area (Å²) < 4.78 is 15.1. The molecule has 0 bridgehead atoms. The molecule has 21 heavy (non-hydrogen) atoms. The molecule has 0 spiro atoms. The van der Waals surface area contributed by atoms with Crippen LogP contribution in [0.4, 0.5) is 5.69 Å². The van der Waals surface area contributed by atoms with Crippen LogP contribution >= 0.6 is 0 Å². The van der Waals surface area contributed by atoms with Gasteiger partial charge in [0.15, 0.2) is 11.5 Å². The minimum Gasteiger partial charge on any atom is -0.493 e. The quantitative estimate of drug-likeness (QED) is 0.789. The average Bonchev–Trinajstić information content (AvgIpc) is 2.50. The largest absolute Gasteiger partial charge is 0.493 e. The number of rotatable bonds is 6. The lowest BCUT2D eigenvalue weighted by Gasteiger charge is -2.16. The van der Waals surface area contributed by atoms with E-state index in [0.717, 1.165) is 0 Å². The van der Waals surface area contributed by atoms with Crippen molar-refractivity contribution in [2.75, 3.05) is 47.3 Å². The van der Waals surface area contributed by atoms with Gasteiger partial charge >= 0.3 is 5.97 Å². The number of benzene rings is 1. The van der Waals surface area contributed by atoms with E-state index in [1.54, 1.807) is 20.2 Å². The second-order valence-corrected chi connectivity index (χ2v) is 4.39. The molecule has 0 fully saturated rings. The van der Waals surface area contributed by atoms with Crippen LogP contribution in [0.2, 0.25) is 0 Å². The summed E-state index contributed by atoms with van der Waals surface area (Å²) >= 11 is 0. The number of hydrogen-bond donors (Lipinski definition) is 1. The number of likely N-dealkylation sites (N-methyl/N-ethyl adjacent to an activating group) is 1. The van der Waals surface area contributed by atoms with Gasteiger partial charge in [-0.05, 0) is 0 Å². The number of esters is 1. The molecular weight excluding hydrogens is 276 g/mol. The maximum atomic E-state index is 11.8. The Bertz CT molecular complexity index is 528. The molecule has 0 saturated heterocycles. The van der Waals surface area contributed by atoms with Gasteiger partial charge < -0.3 is 24.4 Å². The molecule has 0 atom stereocenters. The summed E-state index contributed by atoms with van der Waals surface area (Å²) in [6, 6.07) is 3.10. The molecule has 1 aromatic carbocycles. The summed E-state index contributed by atoms with van der Waals surface area (Å²) in [7, 11) is 7.56. The van der Waals surface area contributed by atoms with Gasteiger partial charge in [-0.15, -0.1) is 0 Å². The van der Waals surface area contributed by atoms with Gasteiger partial charge in [0.05, 0.1) is 39.1 Å². The number of amides is 1. The van der Waals surface area contributed by atoms with Crippen LogP contribution in [0.1, 0.15) is 10.4 Å². The first kappa shape index (κ1) is 16.6. The lowest BCUT2D eigenvalue weighted by molar-refractivity contribution is -0.126. The minimum atomic E-state index is -0.532. The van der Waals surface area contributed by atoms with Gasteiger partial charge in [-0.3, -0.25) is 4.79 Å². The van der Waals surface area contributed by atoms with Crippen LogP contribution in [0.5, 0.6) is 11.5 Å². The summed E-state index contributed by atoms with van der Waals surface area (Å²) in [4.78, 5) is 24.9. The number of nitrogens with one attached hydrogen (secondary N) is 1. The SMILES string of the molecule is COC(=O)c1cc(OC)c(OC)cc1NCC(=O)N(C)C. The highest BCUT2D eigenvalue weighted by Crippen LogP contribution is 2.33. The highest BCUT2D eigenvalue weighted by molar-refractivity contribution is 5.97. The van der Waals surface area contributed by atoms with Gasteiger partial charge in [0, 0.05) is 26.2 Å². The van der Waals surface area contributed by atoms with Crippen molar-refractivity contribution in [2.24, 2.45) is 0 Å². The van der Waals surface area contributed by atoms with Crippen LogP contribution in [-0.2, 0) is 9.53 Å². The standard InChI is InChI=1S/C14H20N2O5/c1-16(2)13(17)8-15-10-7-12(20-4)11(19-3)6-9(10)14(18)21-5/h6-7,15H,8H2,1-5H3. The Morgan fingerprint density at radius 2 is 1.67 bits per heavy atom. The van der Waals surface area contributed by atoms with Gasteiger partial charge in [-0.1, -0.05) is 0 Å². The molecule has 0 radical (unpaired) electrons. The van der Waals surface area contributed by atoms with Crippen molar-refractivity contribution in [2.45, 2.75) is 0 Å². The van der Waals surface area contributed by atoms with E-state index in [-0.39, 0.29) is 18.0 Å². The van der Waals surface area contributed by atoms with Crippen molar-refractivity contribution >= 4 is 17.6 Å². The molecule has 0 aromatic heterocycles. The van der Waals surface area contributed by atoms with Crippen LogP contribution < -0.4 is 14.8 Å². The van der Waals surface area contributed by atoms with E-state index in [9.17, 15) is 9.59 Å². The Labute approximate surface area is 123 Å². The zero-order chi connectivity index (χ0) is 16.0. The van der Waals surface area contributed by atoms with Crippen molar-refractivity contribution in [3.63, 3.8) is 0 Å². The molecule has 1 aromatic rings. The van der Waals surface area contributed by atoms with Crippen LogP contribution in [0, 0.1) is 0 Å².